The summed E-state index contributed by atoms with van der Waals surface area (Å²) in [6, 6.07) is 14.4. The summed E-state index contributed by atoms with van der Waals surface area (Å²) in [7, 11) is 0. The Bertz CT molecular complexity index is 509. The molecule has 0 aliphatic heterocycles. The van der Waals surface area contributed by atoms with E-state index in [0.29, 0.717) is 16.5 Å². The number of benzene rings is 2. The van der Waals surface area contributed by atoms with Crippen molar-refractivity contribution < 1.29 is 9.53 Å². The third kappa shape index (κ3) is 3.03. The minimum Gasteiger partial charge on any atom is -0.455 e. The molecule has 0 saturated carbocycles. The minimum atomic E-state index is -0.500. The molecule has 0 spiro atoms. The molecule has 0 N–H and O–H groups in total. The number of hydrogen-bond donors (Lipinski definition) is 0. The number of halogens is 2. The van der Waals surface area contributed by atoms with Crippen molar-refractivity contribution in [3.8, 4) is 0 Å². The highest BCUT2D eigenvalue weighted by atomic mass is 35.5. The van der Waals surface area contributed by atoms with Crippen molar-refractivity contribution in [2.45, 2.75) is 6.10 Å². The molecule has 2 nitrogen and oxygen atoms in total. The number of hydrogen-bond acceptors (Lipinski definition) is 2. The Balaban J connectivity index is 2.42. The highest BCUT2D eigenvalue weighted by molar-refractivity contribution is 6.31. The third-order valence-electron chi connectivity index (χ3n) is 2.49. The summed E-state index contributed by atoms with van der Waals surface area (Å²) in [4.78, 5) is 10.6. The van der Waals surface area contributed by atoms with Gasteiger partial charge in [-0.05, 0) is 35.4 Å². The molecule has 92 valence electrons. The Morgan fingerprint density at radius 1 is 0.944 bits per heavy atom. The van der Waals surface area contributed by atoms with Crippen molar-refractivity contribution in [3.05, 3.63) is 69.7 Å². The van der Waals surface area contributed by atoms with Crippen molar-refractivity contribution in [1.29, 1.82) is 0 Å². The van der Waals surface area contributed by atoms with E-state index in [1.807, 2.05) is 24.3 Å². The van der Waals surface area contributed by atoms with E-state index < -0.39 is 6.10 Å². The van der Waals surface area contributed by atoms with Crippen LogP contribution < -0.4 is 0 Å². The van der Waals surface area contributed by atoms with Crippen LogP contribution in [0.4, 0.5) is 0 Å². The predicted octanol–water partition coefficient (Wildman–Crippen LogP) is 4.26. The zero-order valence-electron chi connectivity index (χ0n) is 9.35. The lowest BCUT2D eigenvalue weighted by Gasteiger charge is -2.16. The normalized spacial score (nSPS) is 10.4. The van der Waals surface area contributed by atoms with Gasteiger partial charge < -0.3 is 4.74 Å². The summed E-state index contributed by atoms with van der Waals surface area (Å²) in [5.41, 5.74) is 1.61. The van der Waals surface area contributed by atoms with Crippen LogP contribution in [0.3, 0.4) is 0 Å². The van der Waals surface area contributed by atoms with Crippen LogP contribution in [0.5, 0.6) is 0 Å². The molecular formula is C14H10Cl2O2. The zero-order valence-corrected chi connectivity index (χ0v) is 10.9. The zero-order chi connectivity index (χ0) is 13.0. The fraction of sp³-hybridized carbons (Fsp3) is 0.0714. The van der Waals surface area contributed by atoms with Gasteiger partial charge in [0.2, 0.25) is 0 Å². The third-order valence-corrected chi connectivity index (χ3v) is 2.96. The molecule has 0 radical (unpaired) electrons. The van der Waals surface area contributed by atoms with Crippen molar-refractivity contribution in [2.75, 3.05) is 0 Å². The smallest absolute Gasteiger partial charge is 0.294 e. The number of rotatable bonds is 4. The molecule has 0 amide bonds. The molecule has 0 aliphatic carbocycles. The van der Waals surface area contributed by atoms with Gasteiger partial charge in [-0.3, -0.25) is 4.79 Å². The predicted molar refractivity (Wildman–Crippen MR) is 71.9 cm³/mol. The van der Waals surface area contributed by atoms with Gasteiger partial charge in [0, 0.05) is 10.0 Å². The first-order valence-corrected chi connectivity index (χ1v) is 6.06. The second-order valence-electron chi connectivity index (χ2n) is 3.72. The number of ether oxygens (including phenoxy) is 1. The van der Waals surface area contributed by atoms with Crippen LogP contribution in [-0.2, 0) is 9.53 Å². The average Bonchev–Trinajstić information content (AvgIpc) is 2.36. The summed E-state index contributed by atoms with van der Waals surface area (Å²) in [6.07, 6.45) is -0.500. The Hall–Kier alpha value is -1.51. The van der Waals surface area contributed by atoms with Gasteiger partial charge in [-0.1, -0.05) is 47.5 Å². The van der Waals surface area contributed by atoms with Gasteiger partial charge in [-0.25, -0.2) is 0 Å². The molecule has 0 aliphatic rings. The van der Waals surface area contributed by atoms with Crippen LogP contribution >= 0.6 is 23.2 Å². The van der Waals surface area contributed by atoms with Gasteiger partial charge in [-0.15, -0.1) is 0 Å². The van der Waals surface area contributed by atoms with E-state index in [4.69, 9.17) is 27.9 Å². The van der Waals surface area contributed by atoms with Gasteiger partial charge in [-0.2, -0.15) is 0 Å². The van der Waals surface area contributed by atoms with Crippen LogP contribution in [0, 0.1) is 0 Å². The maximum Gasteiger partial charge on any atom is 0.294 e. The summed E-state index contributed by atoms with van der Waals surface area (Å²) in [5.74, 6) is 0. The van der Waals surface area contributed by atoms with Gasteiger partial charge >= 0.3 is 0 Å². The maximum atomic E-state index is 10.6. The lowest BCUT2D eigenvalue weighted by Crippen LogP contribution is -2.05. The molecule has 0 bridgehead atoms. The van der Waals surface area contributed by atoms with E-state index in [2.05, 4.69) is 0 Å². The largest absolute Gasteiger partial charge is 0.455 e. The molecule has 2 rings (SSSR count). The molecule has 4 heteroatoms. The van der Waals surface area contributed by atoms with Gasteiger partial charge in [0.15, 0.2) is 6.10 Å². The SMILES string of the molecule is O=COC(c1cccc(Cl)c1)c1cccc(Cl)c1. The lowest BCUT2D eigenvalue weighted by molar-refractivity contribution is -0.132. The first-order chi connectivity index (χ1) is 8.70. The average molecular weight is 281 g/mol. The molecular weight excluding hydrogens is 271 g/mol. The van der Waals surface area contributed by atoms with Crippen LogP contribution in [0.1, 0.15) is 17.2 Å². The van der Waals surface area contributed by atoms with E-state index in [1.165, 1.54) is 0 Å². The van der Waals surface area contributed by atoms with E-state index in [9.17, 15) is 4.79 Å². The summed E-state index contributed by atoms with van der Waals surface area (Å²) in [5, 5.41) is 1.18. The summed E-state index contributed by atoms with van der Waals surface area (Å²) in [6.45, 7) is 0.423. The van der Waals surface area contributed by atoms with E-state index in [-0.39, 0.29) is 0 Å². The summed E-state index contributed by atoms with van der Waals surface area (Å²) >= 11 is 11.9. The Morgan fingerprint density at radius 3 is 1.83 bits per heavy atom. The van der Waals surface area contributed by atoms with E-state index in [0.717, 1.165) is 11.1 Å². The quantitative estimate of drug-likeness (QED) is 0.783. The molecule has 0 fully saturated rings. The fourth-order valence-corrected chi connectivity index (χ4v) is 2.14. The standard InChI is InChI=1S/C14H10Cl2O2/c15-12-5-1-3-10(7-12)14(18-9-17)11-4-2-6-13(16)8-11/h1-9,14H. The number of carbonyl (C=O) groups is 1. The van der Waals surface area contributed by atoms with Crippen LogP contribution in [0.2, 0.25) is 10.0 Å². The summed E-state index contributed by atoms with van der Waals surface area (Å²) < 4.78 is 5.13. The van der Waals surface area contributed by atoms with Gasteiger partial charge in [0.25, 0.3) is 6.47 Å². The van der Waals surface area contributed by atoms with E-state index >= 15 is 0 Å². The Kier molecular flexibility index (Phi) is 4.24. The lowest BCUT2D eigenvalue weighted by atomic mass is 10.0. The van der Waals surface area contributed by atoms with Crippen molar-refractivity contribution in [1.82, 2.24) is 0 Å². The van der Waals surface area contributed by atoms with Crippen LogP contribution in [-0.4, -0.2) is 6.47 Å². The molecule has 2 aromatic carbocycles. The van der Waals surface area contributed by atoms with E-state index in [1.54, 1.807) is 24.3 Å². The van der Waals surface area contributed by atoms with Crippen molar-refractivity contribution in [2.24, 2.45) is 0 Å². The molecule has 0 unspecified atom stereocenters. The minimum absolute atomic E-state index is 0.423. The maximum absolute atomic E-state index is 10.6. The molecule has 2 aromatic rings. The number of carbonyl (C=O) groups excluding carboxylic acids is 1. The van der Waals surface area contributed by atoms with Crippen LogP contribution in [0.25, 0.3) is 0 Å². The Morgan fingerprint density at radius 2 is 1.44 bits per heavy atom. The molecule has 18 heavy (non-hydrogen) atoms. The second-order valence-corrected chi connectivity index (χ2v) is 4.60. The topological polar surface area (TPSA) is 26.3 Å². The highest BCUT2D eigenvalue weighted by Crippen LogP contribution is 2.28. The van der Waals surface area contributed by atoms with Crippen molar-refractivity contribution >= 4 is 29.7 Å². The van der Waals surface area contributed by atoms with Gasteiger partial charge in [0.1, 0.15) is 0 Å². The first-order valence-electron chi connectivity index (χ1n) is 5.31. The molecule has 0 saturated heterocycles. The van der Waals surface area contributed by atoms with Crippen molar-refractivity contribution in [3.63, 3.8) is 0 Å². The Labute approximate surface area is 115 Å². The monoisotopic (exact) mass is 280 g/mol. The highest BCUT2D eigenvalue weighted by Gasteiger charge is 2.15. The van der Waals surface area contributed by atoms with Gasteiger partial charge in [0.05, 0.1) is 0 Å². The fourth-order valence-electron chi connectivity index (χ4n) is 1.74. The molecule has 0 heterocycles. The second kappa shape index (κ2) is 5.89. The van der Waals surface area contributed by atoms with Crippen LogP contribution in [0.15, 0.2) is 48.5 Å². The molecule has 0 aromatic heterocycles. The molecule has 0 atom stereocenters. The first kappa shape index (κ1) is 12.9.